The van der Waals surface area contributed by atoms with E-state index >= 15 is 0 Å². The van der Waals surface area contributed by atoms with Gasteiger partial charge in [0.05, 0.1) is 21.4 Å². The molecule has 0 bridgehead atoms. The molecule has 0 aliphatic heterocycles. The molecule has 2 aromatic heterocycles. The Kier molecular flexibility index (Phi) is 2.49. The van der Waals surface area contributed by atoms with E-state index in [2.05, 4.69) is 16.0 Å². The molecule has 1 aromatic carbocycles. The third kappa shape index (κ3) is 2.12. The molecular formula is C13H11N3S. The Morgan fingerprint density at radius 1 is 1.24 bits per heavy atom. The van der Waals surface area contributed by atoms with Gasteiger partial charge < -0.3 is 5.73 Å². The van der Waals surface area contributed by atoms with E-state index < -0.39 is 0 Å². The summed E-state index contributed by atoms with van der Waals surface area (Å²) in [6.45, 7) is 0. The monoisotopic (exact) mass is 241 g/mol. The molecule has 84 valence electrons. The minimum atomic E-state index is 0.797. The number of hydrogen-bond donors (Lipinski definition) is 1. The van der Waals surface area contributed by atoms with Gasteiger partial charge >= 0.3 is 0 Å². The van der Waals surface area contributed by atoms with Gasteiger partial charge in [0.15, 0.2) is 0 Å². The Hall–Kier alpha value is -1.94. The van der Waals surface area contributed by atoms with Gasteiger partial charge in [-0.3, -0.25) is 4.98 Å². The van der Waals surface area contributed by atoms with Gasteiger partial charge in [-0.05, 0) is 23.8 Å². The van der Waals surface area contributed by atoms with E-state index in [4.69, 9.17) is 5.73 Å². The lowest BCUT2D eigenvalue weighted by atomic mass is 10.1. The van der Waals surface area contributed by atoms with Crippen LogP contribution in [0.3, 0.4) is 0 Å². The highest BCUT2D eigenvalue weighted by molar-refractivity contribution is 7.18. The number of nitrogens with two attached hydrogens (primary N) is 1. The highest BCUT2D eigenvalue weighted by atomic mass is 32.1. The first-order valence-electron chi connectivity index (χ1n) is 5.35. The molecule has 0 saturated carbocycles. The van der Waals surface area contributed by atoms with Crippen LogP contribution in [0.1, 0.15) is 10.6 Å². The normalized spacial score (nSPS) is 10.8. The minimum Gasteiger partial charge on any atom is -0.399 e. The number of aromatic nitrogens is 2. The van der Waals surface area contributed by atoms with E-state index in [1.54, 1.807) is 23.7 Å². The molecular weight excluding hydrogens is 230 g/mol. The average Bonchev–Trinajstić information content (AvgIpc) is 2.71. The standard InChI is InChI=1S/C13H11N3S/c14-10-3-1-2-9(6-10)7-13-16-11-8-15-5-4-12(11)17-13/h1-6,8H,7,14H2. The molecule has 0 aliphatic rings. The summed E-state index contributed by atoms with van der Waals surface area (Å²) in [7, 11) is 0. The number of anilines is 1. The van der Waals surface area contributed by atoms with Gasteiger partial charge in [0.1, 0.15) is 0 Å². The molecule has 0 unspecified atom stereocenters. The number of nitrogens with zero attached hydrogens (tertiary/aromatic N) is 2. The fourth-order valence-electron chi connectivity index (χ4n) is 1.78. The van der Waals surface area contributed by atoms with Gasteiger partial charge in [-0.2, -0.15) is 0 Å². The maximum absolute atomic E-state index is 5.76. The van der Waals surface area contributed by atoms with E-state index in [0.717, 1.165) is 22.6 Å². The second-order valence-corrected chi connectivity index (χ2v) is 4.99. The third-order valence-corrected chi connectivity index (χ3v) is 3.58. The van der Waals surface area contributed by atoms with Crippen LogP contribution < -0.4 is 5.73 Å². The summed E-state index contributed by atoms with van der Waals surface area (Å²) in [5, 5.41) is 1.10. The molecule has 3 aromatic rings. The summed E-state index contributed by atoms with van der Waals surface area (Å²) >= 11 is 1.71. The summed E-state index contributed by atoms with van der Waals surface area (Å²) in [5.74, 6) is 0. The van der Waals surface area contributed by atoms with Crippen LogP contribution >= 0.6 is 11.3 Å². The number of fused-ring (bicyclic) bond motifs is 1. The molecule has 2 N–H and O–H groups in total. The Balaban J connectivity index is 1.94. The third-order valence-electron chi connectivity index (χ3n) is 2.54. The molecule has 17 heavy (non-hydrogen) atoms. The van der Waals surface area contributed by atoms with Crippen molar-refractivity contribution in [2.45, 2.75) is 6.42 Å². The van der Waals surface area contributed by atoms with E-state index in [-0.39, 0.29) is 0 Å². The minimum absolute atomic E-state index is 0.797. The van der Waals surface area contributed by atoms with Crippen LogP contribution in [0.25, 0.3) is 10.2 Å². The topological polar surface area (TPSA) is 51.8 Å². The fraction of sp³-hybridized carbons (Fsp3) is 0.0769. The molecule has 0 atom stereocenters. The summed E-state index contributed by atoms with van der Waals surface area (Å²) in [6, 6.07) is 9.92. The van der Waals surface area contributed by atoms with E-state index in [0.29, 0.717) is 0 Å². The van der Waals surface area contributed by atoms with Crippen LogP contribution in [-0.4, -0.2) is 9.97 Å². The van der Waals surface area contributed by atoms with Crippen LogP contribution in [0.2, 0.25) is 0 Å². The molecule has 0 saturated heterocycles. The lowest BCUT2D eigenvalue weighted by Crippen LogP contribution is -1.90. The van der Waals surface area contributed by atoms with Gasteiger partial charge in [-0.25, -0.2) is 4.98 Å². The molecule has 0 fully saturated rings. The van der Waals surface area contributed by atoms with Crippen molar-refractivity contribution in [3.8, 4) is 0 Å². The quantitative estimate of drug-likeness (QED) is 0.702. The van der Waals surface area contributed by atoms with Crippen molar-refractivity contribution in [1.82, 2.24) is 9.97 Å². The van der Waals surface area contributed by atoms with Crippen LogP contribution in [0.5, 0.6) is 0 Å². The summed E-state index contributed by atoms with van der Waals surface area (Å²) < 4.78 is 1.18. The second-order valence-electron chi connectivity index (χ2n) is 3.87. The zero-order valence-electron chi connectivity index (χ0n) is 9.13. The number of pyridine rings is 1. The first kappa shape index (κ1) is 10.2. The zero-order chi connectivity index (χ0) is 11.7. The number of thiazole rings is 1. The summed E-state index contributed by atoms with van der Waals surface area (Å²) in [6.07, 6.45) is 4.42. The predicted octanol–water partition coefficient (Wildman–Crippen LogP) is 2.86. The smallest absolute Gasteiger partial charge is 0.0998 e. The highest BCUT2D eigenvalue weighted by Gasteiger charge is 2.04. The largest absolute Gasteiger partial charge is 0.399 e. The van der Waals surface area contributed by atoms with E-state index in [1.165, 1.54) is 10.3 Å². The molecule has 4 heteroatoms. The van der Waals surface area contributed by atoms with Crippen LogP contribution in [0.15, 0.2) is 42.7 Å². The van der Waals surface area contributed by atoms with Gasteiger partial charge in [0.2, 0.25) is 0 Å². The molecule has 3 rings (SSSR count). The van der Waals surface area contributed by atoms with Crippen LogP contribution in [-0.2, 0) is 6.42 Å². The lowest BCUT2D eigenvalue weighted by molar-refractivity contribution is 1.15. The van der Waals surface area contributed by atoms with Crippen molar-refractivity contribution >= 4 is 27.2 Å². The highest BCUT2D eigenvalue weighted by Crippen LogP contribution is 2.23. The predicted molar refractivity (Wildman–Crippen MR) is 71.1 cm³/mol. The van der Waals surface area contributed by atoms with Crippen LogP contribution in [0.4, 0.5) is 5.69 Å². The molecule has 2 heterocycles. The van der Waals surface area contributed by atoms with E-state index in [1.807, 2.05) is 24.3 Å². The van der Waals surface area contributed by atoms with Gasteiger partial charge in [-0.15, -0.1) is 11.3 Å². The number of nitrogen functional groups attached to an aromatic ring is 1. The number of benzene rings is 1. The molecule has 0 radical (unpaired) electrons. The summed E-state index contributed by atoms with van der Waals surface area (Å²) in [5.41, 5.74) is 8.72. The maximum Gasteiger partial charge on any atom is 0.0998 e. The SMILES string of the molecule is Nc1cccc(Cc2nc3cnccc3s2)c1. The van der Waals surface area contributed by atoms with Crippen molar-refractivity contribution in [2.24, 2.45) is 0 Å². The number of hydrogen-bond acceptors (Lipinski definition) is 4. The van der Waals surface area contributed by atoms with Gasteiger partial charge in [0.25, 0.3) is 0 Å². The lowest BCUT2D eigenvalue weighted by Gasteiger charge is -1.98. The first-order chi connectivity index (χ1) is 8.31. The number of rotatable bonds is 2. The van der Waals surface area contributed by atoms with Gasteiger partial charge in [-0.1, -0.05) is 12.1 Å². The Bertz CT molecular complexity index is 627. The van der Waals surface area contributed by atoms with Crippen molar-refractivity contribution in [3.05, 3.63) is 53.3 Å². The first-order valence-corrected chi connectivity index (χ1v) is 6.17. The fourth-order valence-corrected chi connectivity index (χ4v) is 2.75. The second kappa shape index (κ2) is 4.14. The van der Waals surface area contributed by atoms with Crippen molar-refractivity contribution < 1.29 is 0 Å². The van der Waals surface area contributed by atoms with Crippen molar-refractivity contribution in [3.63, 3.8) is 0 Å². The Labute approximate surface area is 103 Å². The zero-order valence-corrected chi connectivity index (χ0v) is 9.95. The van der Waals surface area contributed by atoms with E-state index in [9.17, 15) is 0 Å². The maximum atomic E-state index is 5.76. The summed E-state index contributed by atoms with van der Waals surface area (Å²) in [4.78, 5) is 8.62. The Morgan fingerprint density at radius 2 is 2.18 bits per heavy atom. The van der Waals surface area contributed by atoms with Crippen LogP contribution in [0, 0.1) is 0 Å². The molecule has 0 amide bonds. The van der Waals surface area contributed by atoms with Gasteiger partial charge in [0, 0.05) is 18.3 Å². The molecule has 0 spiro atoms. The Morgan fingerprint density at radius 3 is 3.00 bits per heavy atom. The average molecular weight is 241 g/mol. The molecule has 0 aliphatic carbocycles. The van der Waals surface area contributed by atoms with Crippen molar-refractivity contribution in [2.75, 3.05) is 5.73 Å². The molecule has 3 nitrogen and oxygen atoms in total. The van der Waals surface area contributed by atoms with Crippen molar-refractivity contribution in [1.29, 1.82) is 0 Å².